The Kier molecular flexibility index (Phi) is 5.72. The van der Waals surface area contributed by atoms with Gasteiger partial charge in [0.05, 0.1) is 5.92 Å². The Labute approximate surface area is 157 Å². The molecule has 8 heteroatoms. The second kappa shape index (κ2) is 8.02. The molecule has 0 radical (unpaired) electrons. The summed E-state index contributed by atoms with van der Waals surface area (Å²) in [5.74, 6) is -1.53. The Balaban J connectivity index is 1.42. The number of hydrogen-bond acceptors (Lipinski definition) is 6. The molecule has 146 valence electrons. The van der Waals surface area contributed by atoms with Crippen LogP contribution in [0.3, 0.4) is 0 Å². The summed E-state index contributed by atoms with van der Waals surface area (Å²) < 4.78 is 0. The van der Waals surface area contributed by atoms with Crippen molar-refractivity contribution >= 4 is 29.6 Å². The standard InChI is InChI=1S/C19H24N2O6/c1-12(10-11-20-15(22)6-7-16(20)23)13-2-4-14(5-3-13)19(26)27-21-17(24)8-9-18(21)25/h6-7,12-14H,2-5,8-11H2,1H3. The van der Waals surface area contributed by atoms with Crippen molar-refractivity contribution in [3.63, 3.8) is 0 Å². The number of hydrogen-bond donors (Lipinski definition) is 0. The van der Waals surface area contributed by atoms with Crippen LogP contribution in [-0.4, -0.2) is 46.1 Å². The van der Waals surface area contributed by atoms with Gasteiger partial charge in [0.25, 0.3) is 23.6 Å². The van der Waals surface area contributed by atoms with Crippen LogP contribution in [0.2, 0.25) is 0 Å². The van der Waals surface area contributed by atoms with Crippen LogP contribution in [-0.2, 0) is 28.8 Å². The molecule has 1 saturated heterocycles. The zero-order valence-corrected chi connectivity index (χ0v) is 15.4. The number of rotatable bonds is 6. The molecule has 3 rings (SSSR count). The van der Waals surface area contributed by atoms with E-state index < -0.39 is 17.8 Å². The minimum absolute atomic E-state index is 0.0912. The van der Waals surface area contributed by atoms with Crippen LogP contribution in [0.1, 0.15) is 51.9 Å². The fraction of sp³-hybridized carbons (Fsp3) is 0.632. The fourth-order valence-corrected chi connectivity index (χ4v) is 3.97. The minimum Gasteiger partial charge on any atom is -0.330 e. The quantitative estimate of drug-likeness (QED) is 0.649. The highest BCUT2D eigenvalue weighted by atomic mass is 16.7. The van der Waals surface area contributed by atoms with E-state index in [9.17, 15) is 24.0 Å². The molecule has 0 bridgehead atoms. The van der Waals surface area contributed by atoms with Gasteiger partial charge in [0.1, 0.15) is 0 Å². The molecular weight excluding hydrogens is 352 g/mol. The van der Waals surface area contributed by atoms with Gasteiger partial charge in [0, 0.05) is 31.5 Å². The van der Waals surface area contributed by atoms with Crippen LogP contribution >= 0.6 is 0 Å². The molecule has 0 aromatic heterocycles. The van der Waals surface area contributed by atoms with Crippen molar-refractivity contribution in [1.82, 2.24) is 9.96 Å². The normalized spacial score (nSPS) is 26.9. The molecule has 1 aliphatic carbocycles. The number of carbonyl (C=O) groups is 5. The second-order valence-corrected chi connectivity index (χ2v) is 7.53. The summed E-state index contributed by atoms with van der Waals surface area (Å²) in [6, 6.07) is 0. The lowest BCUT2D eigenvalue weighted by atomic mass is 9.75. The van der Waals surface area contributed by atoms with E-state index in [0.29, 0.717) is 36.3 Å². The molecule has 0 aromatic carbocycles. The maximum atomic E-state index is 12.2. The number of hydroxylamine groups is 2. The molecule has 1 unspecified atom stereocenters. The lowest BCUT2D eigenvalue weighted by Crippen LogP contribution is -2.36. The summed E-state index contributed by atoms with van der Waals surface area (Å²) in [5.41, 5.74) is 0. The molecule has 0 N–H and O–H groups in total. The van der Waals surface area contributed by atoms with E-state index in [1.807, 2.05) is 0 Å². The van der Waals surface area contributed by atoms with Gasteiger partial charge in [-0.3, -0.25) is 24.1 Å². The lowest BCUT2D eigenvalue weighted by Gasteiger charge is -2.32. The van der Waals surface area contributed by atoms with Crippen LogP contribution in [0.4, 0.5) is 0 Å². The number of nitrogens with zero attached hydrogens (tertiary/aromatic N) is 2. The van der Waals surface area contributed by atoms with E-state index in [0.717, 1.165) is 19.3 Å². The summed E-state index contributed by atoms with van der Waals surface area (Å²) in [7, 11) is 0. The third-order valence-corrected chi connectivity index (χ3v) is 5.81. The third-order valence-electron chi connectivity index (χ3n) is 5.81. The van der Waals surface area contributed by atoms with E-state index in [4.69, 9.17) is 4.84 Å². The molecule has 1 atom stereocenters. The first-order valence-electron chi connectivity index (χ1n) is 9.48. The Hall–Kier alpha value is -2.51. The number of amides is 4. The summed E-state index contributed by atoms with van der Waals surface area (Å²) in [5, 5.41) is 0.606. The highest BCUT2D eigenvalue weighted by Crippen LogP contribution is 2.35. The van der Waals surface area contributed by atoms with E-state index in [1.54, 1.807) is 0 Å². The van der Waals surface area contributed by atoms with Crippen LogP contribution in [0.25, 0.3) is 0 Å². The van der Waals surface area contributed by atoms with Crippen LogP contribution in [0.5, 0.6) is 0 Å². The van der Waals surface area contributed by atoms with Crippen molar-refractivity contribution in [3.8, 4) is 0 Å². The van der Waals surface area contributed by atoms with Gasteiger partial charge in [-0.2, -0.15) is 0 Å². The zero-order chi connectivity index (χ0) is 19.6. The molecule has 0 aromatic rings. The molecule has 8 nitrogen and oxygen atoms in total. The van der Waals surface area contributed by atoms with Crippen molar-refractivity contribution in [1.29, 1.82) is 0 Å². The second-order valence-electron chi connectivity index (χ2n) is 7.53. The summed E-state index contributed by atoms with van der Waals surface area (Å²) in [6.45, 7) is 2.51. The Bertz CT molecular complexity index is 658. The molecule has 2 aliphatic heterocycles. The Morgan fingerprint density at radius 2 is 1.59 bits per heavy atom. The Morgan fingerprint density at radius 3 is 2.15 bits per heavy atom. The zero-order valence-electron chi connectivity index (χ0n) is 15.4. The minimum atomic E-state index is -0.510. The molecular formula is C19H24N2O6. The first-order valence-corrected chi connectivity index (χ1v) is 9.48. The van der Waals surface area contributed by atoms with Crippen molar-refractivity contribution in [3.05, 3.63) is 12.2 Å². The number of imide groups is 2. The third kappa shape index (κ3) is 4.26. The maximum absolute atomic E-state index is 12.2. The van der Waals surface area contributed by atoms with Gasteiger partial charge in [-0.1, -0.05) is 6.92 Å². The lowest BCUT2D eigenvalue weighted by molar-refractivity contribution is -0.201. The molecule has 2 heterocycles. The van der Waals surface area contributed by atoms with E-state index >= 15 is 0 Å². The van der Waals surface area contributed by atoms with E-state index in [-0.39, 0.29) is 30.6 Å². The molecule has 0 spiro atoms. The smallest absolute Gasteiger partial charge is 0.330 e. The van der Waals surface area contributed by atoms with Crippen molar-refractivity contribution in [2.24, 2.45) is 17.8 Å². The topological polar surface area (TPSA) is 101 Å². The average molecular weight is 376 g/mol. The predicted molar refractivity (Wildman–Crippen MR) is 92.3 cm³/mol. The SMILES string of the molecule is CC(CCN1C(=O)C=CC1=O)C1CCC(C(=O)ON2C(=O)CCC2=O)CC1. The molecule has 27 heavy (non-hydrogen) atoms. The number of carbonyl (C=O) groups excluding carboxylic acids is 5. The van der Waals surface area contributed by atoms with Crippen LogP contribution in [0.15, 0.2) is 12.2 Å². The van der Waals surface area contributed by atoms with Gasteiger partial charge in [-0.05, 0) is 43.9 Å². The van der Waals surface area contributed by atoms with E-state index in [2.05, 4.69) is 6.92 Å². The van der Waals surface area contributed by atoms with Gasteiger partial charge in [-0.15, -0.1) is 5.06 Å². The molecule has 3 aliphatic rings. The fourth-order valence-electron chi connectivity index (χ4n) is 3.97. The average Bonchev–Trinajstić information content (AvgIpc) is 3.15. The monoisotopic (exact) mass is 376 g/mol. The van der Waals surface area contributed by atoms with Gasteiger partial charge >= 0.3 is 5.97 Å². The van der Waals surface area contributed by atoms with Crippen molar-refractivity contribution in [2.45, 2.75) is 51.9 Å². The van der Waals surface area contributed by atoms with Crippen LogP contribution in [0, 0.1) is 17.8 Å². The Morgan fingerprint density at radius 1 is 1.04 bits per heavy atom. The van der Waals surface area contributed by atoms with Gasteiger partial charge < -0.3 is 4.84 Å². The highest BCUT2D eigenvalue weighted by Gasteiger charge is 2.36. The first-order chi connectivity index (χ1) is 12.9. The van der Waals surface area contributed by atoms with Crippen molar-refractivity contribution < 1.29 is 28.8 Å². The predicted octanol–water partition coefficient (Wildman–Crippen LogP) is 1.35. The van der Waals surface area contributed by atoms with Gasteiger partial charge in [0.2, 0.25) is 0 Å². The van der Waals surface area contributed by atoms with Crippen molar-refractivity contribution in [2.75, 3.05) is 6.54 Å². The van der Waals surface area contributed by atoms with Gasteiger partial charge in [-0.25, -0.2) is 4.79 Å². The van der Waals surface area contributed by atoms with E-state index in [1.165, 1.54) is 17.1 Å². The molecule has 2 fully saturated rings. The summed E-state index contributed by atoms with van der Waals surface area (Å²) in [4.78, 5) is 64.8. The summed E-state index contributed by atoms with van der Waals surface area (Å²) >= 11 is 0. The van der Waals surface area contributed by atoms with Crippen LogP contribution < -0.4 is 0 Å². The maximum Gasteiger partial charge on any atom is 0.336 e. The first kappa shape index (κ1) is 19.3. The summed E-state index contributed by atoms with van der Waals surface area (Å²) in [6.07, 6.45) is 6.46. The molecule has 1 saturated carbocycles. The molecule has 4 amide bonds. The largest absolute Gasteiger partial charge is 0.336 e. The highest BCUT2D eigenvalue weighted by molar-refractivity contribution is 6.12. The van der Waals surface area contributed by atoms with Gasteiger partial charge in [0.15, 0.2) is 0 Å².